The Morgan fingerprint density at radius 2 is 1.71 bits per heavy atom. The normalized spacial score (nSPS) is 19.4. The summed E-state index contributed by atoms with van der Waals surface area (Å²) in [7, 11) is 4.16. The molecule has 1 aliphatic rings. The van der Waals surface area contributed by atoms with E-state index >= 15 is 0 Å². The maximum Gasteiger partial charge on any atom is 0.405 e. The van der Waals surface area contributed by atoms with Crippen molar-refractivity contribution in [3.8, 4) is 0 Å². The summed E-state index contributed by atoms with van der Waals surface area (Å²) in [5, 5.41) is 11.1. The van der Waals surface area contributed by atoms with E-state index < -0.39 is 54.0 Å². The Labute approximate surface area is 240 Å². The van der Waals surface area contributed by atoms with Crippen molar-refractivity contribution < 1.29 is 43.2 Å². The van der Waals surface area contributed by atoms with Crippen LogP contribution in [-0.2, 0) is 33.3 Å². The van der Waals surface area contributed by atoms with Crippen LogP contribution < -0.4 is 17.2 Å². The lowest BCUT2D eigenvalue weighted by Gasteiger charge is -2.29. The number of amides is 1. The van der Waals surface area contributed by atoms with E-state index in [1.54, 1.807) is 39.0 Å². The molecule has 0 saturated heterocycles. The van der Waals surface area contributed by atoms with E-state index in [1.165, 1.54) is 27.4 Å². The predicted molar refractivity (Wildman–Crippen MR) is 152 cm³/mol. The molecular weight excluding hydrogens is 534 g/mol. The fourth-order valence-corrected chi connectivity index (χ4v) is 4.47. The average Bonchev–Trinajstić information content (AvgIpc) is 2.92. The molecule has 12 heteroatoms. The summed E-state index contributed by atoms with van der Waals surface area (Å²) in [5.41, 5.74) is 17.6. The zero-order chi connectivity index (χ0) is 31.4. The number of ketones is 2. The Morgan fingerprint density at radius 1 is 1.07 bits per heavy atom. The lowest BCUT2D eigenvalue weighted by molar-refractivity contribution is -0.136. The number of aliphatic hydroxyl groups is 1. The fourth-order valence-electron chi connectivity index (χ4n) is 4.47. The number of aliphatic hydroxyl groups excluding tert-OH is 1. The number of carbonyl (C=O) groups excluding carboxylic acids is 4. The van der Waals surface area contributed by atoms with Crippen LogP contribution in [0.3, 0.4) is 0 Å². The molecule has 228 valence electrons. The number of hydrogen-bond acceptors (Lipinski definition) is 11. The van der Waals surface area contributed by atoms with E-state index in [0.29, 0.717) is 17.6 Å². The largest absolute Gasteiger partial charge is 0.466 e. The standard InChI is InChI=1S/C29H43N3O9/c1-15(11-19-24(31)21(33)14-20(30)26(19)35)12-23(39-6)25(34)17(3)13-18(4)27(41-29(32)37)22(38-5)10-8-9-16(2)28(36)40-7/h8-10,13-15,17,22-23,25,27,34H,11-12,30-31H2,1-7H3,(H2,32,37)/b10-8-,16-9+,18-13+/t15-,17-,22+,23-,25+,27-/m0/s1. The van der Waals surface area contributed by atoms with E-state index in [-0.39, 0.29) is 29.3 Å². The van der Waals surface area contributed by atoms with Crippen LogP contribution in [0.5, 0.6) is 0 Å². The monoisotopic (exact) mass is 577 g/mol. The van der Waals surface area contributed by atoms with Gasteiger partial charge in [-0.25, -0.2) is 9.59 Å². The molecule has 0 aromatic heterocycles. The molecule has 1 aliphatic carbocycles. The van der Waals surface area contributed by atoms with Gasteiger partial charge in [0.1, 0.15) is 6.10 Å². The minimum absolute atomic E-state index is 0.129. The third kappa shape index (κ3) is 10.3. The van der Waals surface area contributed by atoms with Gasteiger partial charge in [-0.05, 0) is 38.2 Å². The number of nitrogens with two attached hydrogens (primary N) is 3. The highest BCUT2D eigenvalue weighted by Crippen LogP contribution is 2.27. The number of allylic oxidation sites excluding steroid dienone is 4. The summed E-state index contributed by atoms with van der Waals surface area (Å²) in [6.45, 7) is 6.90. The Morgan fingerprint density at radius 3 is 2.24 bits per heavy atom. The molecule has 0 saturated carbocycles. The predicted octanol–water partition coefficient (Wildman–Crippen LogP) is 1.72. The summed E-state index contributed by atoms with van der Waals surface area (Å²) in [6.07, 6.45) is 3.60. The Bertz CT molecular complexity index is 1140. The molecule has 1 rings (SSSR count). The second-order valence-electron chi connectivity index (χ2n) is 10.0. The van der Waals surface area contributed by atoms with Gasteiger partial charge >= 0.3 is 12.1 Å². The number of hydrogen-bond donors (Lipinski definition) is 4. The highest BCUT2D eigenvalue weighted by atomic mass is 16.6. The van der Waals surface area contributed by atoms with Gasteiger partial charge in [0.15, 0.2) is 6.10 Å². The van der Waals surface area contributed by atoms with Gasteiger partial charge in [0.25, 0.3) is 0 Å². The topological polar surface area (TPSA) is 203 Å². The van der Waals surface area contributed by atoms with Gasteiger partial charge in [-0.2, -0.15) is 0 Å². The van der Waals surface area contributed by atoms with Crippen LogP contribution in [0, 0.1) is 11.8 Å². The second-order valence-corrected chi connectivity index (χ2v) is 10.0. The van der Waals surface area contributed by atoms with E-state index in [2.05, 4.69) is 4.74 Å². The first-order valence-electron chi connectivity index (χ1n) is 13.0. The van der Waals surface area contributed by atoms with Gasteiger partial charge in [0.05, 0.1) is 30.7 Å². The van der Waals surface area contributed by atoms with Crippen molar-refractivity contribution in [2.24, 2.45) is 29.0 Å². The molecule has 0 unspecified atom stereocenters. The molecule has 0 aromatic carbocycles. The quantitative estimate of drug-likeness (QED) is 0.0725. The highest BCUT2D eigenvalue weighted by Gasteiger charge is 2.31. The van der Waals surface area contributed by atoms with Crippen molar-refractivity contribution in [2.45, 2.75) is 65.0 Å². The third-order valence-corrected chi connectivity index (χ3v) is 6.77. The van der Waals surface area contributed by atoms with E-state index in [1.807, 2.05) is 6.92 Å². The molecule has 0 heterocycles. The molecule has 0 spiro atoms. The van der Waals surface area contributed by atoms with Crippen LogP contribution in [-0.4, -0.2) is 74.5 Å². The summed E-state index contributed by atoms with van der Waals surface area (Å²) >= 11 is 0. The van der Waals surface area contributed by atoms with Gasteiger partial charge in [-0.3, -0.25) is 9.59 Å². The number of carbonyl (C=O) groups is 4. The fraction of sp³-hybridized carbons (Fsp3) is 0.517. The highest BCUT2D eigenvalue weighted by molar-refractivity contribution is 6.21. The molecule has 0 bridgehead atoms. The van der Waals surface area contributed by atoms with E-state index in [0.717, 1.165) is 6.08 Å². The third-order valence-electron chi connectivity index (χ3n) is 6.77. The smallest absolute Gasteiger partial charge is 0.405 e. The first-order chi connectivity index (χ1) is 19.2. The average molecular weight is 578 g/mol. The first kappa shape index (κ1) is 35.3. The molecule has 0 aromatic rings. The number of ether oxygens (including phenoxy) is 4. The maximum atomic E-state index is 12.4. The number of Topliss-reactive ketones (excluding diaryl/α,β-unsaturated/α-hetero) is 1. The number of esters is 1. The van der Waals surface area contributed by atoms with Crippen LogP contribution in [0.1, 0.15) is 40.5 Å². The summed E-state index contributed by atoms with van der Waals surface area (Å²) in [6, 6.07) is 0. The van der Waals surface area contributed by atoms with Crippen molar-refractivity contribution in [3.63, 3.8) is 0 Å². The minimum Gasteiger partial charge on any atom is -0.466 e. The molecule has 0 aliphatic heterocycles. The molecule has 1 amide bonds. The van der Waals surface area contributed by atoms with Gasteiger partial charge in [-0.15, -0.1) is 0 Å². The van der Waals surface area contributed by atoms with Crippen molar-refractivity contribution >= 4 is 23.6 Å². The van der Waals surface area contributed by atoms with E-state index in [9.17, 15) is 24.3 Å². The first-order valence-corrected chi connectivity index (χ1v) is 13.0. The van der Waals surface area contributed by atoms with Crippen molar-refractivity contribution in [1.82, 2.24) is 0 Å². The number of methoxy groups -OCH3 is 3. The SMILES string of the molecule is COC(=O)/C(C)=C/C=C\[C@@H](OC)[C@@H](OC(N)=O)/C(C)=C/[C@H](C)[C@@H](O)[C@H](C[C@@H](C)CC1=C(N)C(=O)C=C(N)C1=O)OC. The van der Waals surface area contributed by atoms with E-state index in [4.69, 9.17) is 31.4 Å². The van der Waals surface area contributed by atoms with Crippen molar-refractivity contribution in [2.75, 3.05) is 21.3 Å². The van der Waals surface area contributed by atoms with Crippen LogP contribution in [0.2, 0.25) is 0 Å². The van der Waals surface area contributed by atoms with Crippen molar-refractivity contribution in [1.29, 1.82) is 0 Å². The van der Waals surface area contributed by atoms with Crippen LogP contribution in [0.25, 0.3) is 0 Å². The van der Waals surface area contributed by atoms with Gasteiger partial charge in [0, 0.05) is 37.4 Å². The lowest BCUT2D eigenvalue weighted by atomic mass is 9.85. The molecule has 0 radical (unpaired) electrons. The Balaban J connectivity index is 3.08. The Kier molecular flexibility index (Phi) is 14.2. The van der Waals surface area contributed by atoms with Gasteiger partial charge in [0.2, 0.25) is 11.6 Å². The van der Waals surface area contributed by atoms with Crippen LogP contribution >= 0.6 is 0 Å². The van der Waals surface area contributed by atoms with Gasteiger partial charge < -0.3 is 41.3 Å². The second kappa shape index (κ2) is 16.5. The number of rotatable bonds is 15. The lowest BCUT2D eigenvalue weighted by Crippen LogP contribution is -2.37. The molecule has 12 nitrogen and oxygen atoms in total. The van der Waals surface area contributed by atoms with Gasteiger partial charge in [-0.1, -0.05) is 38.2 Å². The summed E-state index contributed by atoms with van der Waals surface area (Å²) < 4.78 is 21.1. The molecular formula is C29H43N3O9. The molecule has 41 heavy (non-hydrogen) atoms. The summed E-state index contributed by atoms with van der Waals surface area (Å²) in [5.74, 6) is -2.15. The molecule has 7 N–H and O–H groups in total. The maximum absolute atomic E-state index is 12.4. The molecule has 0 fully saturated rings. The molecule has 6 atom stereocenters. The minimum atomic E-state index is -1.02. The zero-order valence-electron chi connectivity index (χ0n) is 24.7. The van der Waals surface area contributed by atoms with Crippen LogP contribution in [0.4, 0.5) is 4.79 Å². The van der Waals surface area contributed by atoms with Crippen molar-refractivity contribution in [3.05, 3.63) is 58.5 Å². The summed E-state index contributed by atoms with van der Waals surface area (Å²) in [4.78, 5) is 47.7. The zero-order valence-corrected chi connectivity index (χ0v) is 24.7. The Hall–Kier alpha value is -3.74. The van der Waals surface area contributed by atoms with Crippen LogP contribution in [0.15, 0.2) is 58.5 Å². The number of primary amides is 1.